The van der Waals surface area contributed by atoms with E-state index in [9.17, 15) is 14.4 Å². The number of benzene rings is 1. The zero-order chi connectivity index (χ0) is 29.5. The fourth-order valence-electron chi connectivity index (χ4n) is 5.27. The molecule has 1 fully saturated rings. The van der Waals surface area contributed by atoms with Gasteiger partial charge in [-0.25, -0.2) is 4.79 Å². The van der Waals surface area contributed by atoms with E-state index in [0.29, 0.717) is 18.7 Å². The number of hydrogen-bond donors (Lipinski definition) is 2. The molecule has 0 aliphatic heterocycles. The molecule has 3 amide bonds. The maximum absolute atomic E-state index is 14.4. The number of thioether (sulfide) groups is 1. The van der Waals surface area contributed by atoms with Crippen LogP contribution in [0.3, 0.4) is 0 Å². The van der Waals surface area contributed by atoms with Crippen LogP contribution in [0.4, 0.5) is 4.79 Å². The molecule has 0 radical (unpaired) electrons. The van der Waals surface area contributed by atoms with Gasteiger partial charge in [0.1, 0.15) is 17.7 Å². The zero-order valence-electron chi connectivity index (χ0n) is 25.7. The molecule has 1 aliphatic rings. The van der Waals surface area contributed by atoms with E-state index in [4.69, 9.17) is 4.74 Å². The predicted molar refractivity (Wildman–Crippen MR) is 166 cm³/mol. The van der Waals surface area contributed by atoms with Gasteiger partial charge < -0.3 is 20.3 Å². The molecule has 2 unspecified atom stereocenters. The van der Waals surface area contributed by atoms with Gasteiger partial charge in [0, 0.05) is 12.6 Å². The van der Waals surface area contributed by atoms with E-state index in [0.717, 1.165) is 68.9 Å². The Morgan fingerprint density at radius 2 is 1.73 bits per heavy atom. The standard InChI is InChI=1S/C32H53N3O4S/c1-7-8-9-10-16-22-35(30(37)27(21-23-40-6)34-31(38)39-32(3,4)5)28(26-20-15-14-17-24(26)2)29(36)33-25-18-12-11-13-19-25/h14-15,17,20,25,27-28H,7-13,16,18-19,21-23H2,1-6H3,(H,33,36)(H,34,38). The number of rotatable bonds is 15. The van der Waals surface area contributed by atoms with Gasteiger partial charge in [0.05, 0.1) is 0 Å². The van der Waals surface area contributed by atoms with Gasteiger partial charge >= 0.3 is 6.09 Å². The molecule has 1 aromatic carbocycles. The lowest BCUT2D eigenvalue weighted by atomic mass is 9.93. The van der Waals surface area contributed by atoms with Crippen molar-refractivity contribution in [3.63, 3.8) is 0 Å². The van der Waals surface area contributed by atoms with Crippen molar-refractivity contribution in [3.8, 4) is 0 Å². The Hall–Kier alpha value is -2.22. The van der Waals surface area contributed by atoms with Crippen molar-refractivity contribution >= 4 is 29.7 Å². The molecule has 1 aliphatic carbocycles. The van der Waals surface area contributed by atoms with E-state index >= 15 is 0 Å². The van der Waals surface area contributed by atoms with Crippen LogP contribution in [0.5, 0.6) is 0 Å². The number of carbonyl (C=O) groups is 3. The second-order valence-electron chi connectivity index (χ2n) is 12.0. The Morgan fingerprint density at radius 3 is 2.35 bits per heavy atom. The molecule has 8 heteroatoms. The Kier molecular flexibility index (Phi) is 14.9. The van der Waals surface area contributed by atoms with Crippen LogP contribution >= 0.6 is 11.8 Å². The highest BCUT2D eigenvalue weighted by Crippen LogP contribution is 2.28. The first kappa shape index (κ1) is 34.0. The molecule has 0 heterocycles. The second-order valence-corrected chi connectivity index (χ2v) is 13.0. The summed E-state index contributed by atoms with van der Waals surface area (Å²) in [5.41, 5.74) is 1.12. The van der Waals surface area contributed by atoms with Crippen molar-refractivity contribution in [1.82, 2.24) is 15.5 Å². The summed E-state index contributed by atoms with van der Waals surface area (Å²) >= 11 is 1.62. The molecule has 1 aromatic rings. The summed E-state index contributed by atoms with van der Waals surface area (Å²) in [4.78, 5) is 43.0. The van der Waals surface area contributed by atoms with Crippen molar-refractivity contribution in [1.29, 1.82) is 0 Å². The molecular weight excluding hydrogens is 522 g/mol. The van der Waals surface area contributed by atoms with E-state index in [1.54, 1.807) is 37.4 Å². The molecule has 7 nitrogen and oxygen atoms in total. The fourth-order valence-corrected chi connectivity index (χ4v) is 5.74. The number of hydrogen-bond acceptors (Lipinski definition) is 5. The molecule has 226 valence electrons. The minimum Gasteiger partial charge on any atom is -0.444 e. The van der Waals surface area contributed by atoms with Gasteiger partial charge in [0.15, 0.2) is 0 Å². The lowest BCUT2D eigenvalue weighted by Gasteiger charge is -2.36. The third kappa shape index (κ3) is 11.7. The highest BCUT2D eigenvalue weighted by Gasteiger charge is 2.37. The third-order valence-electron chi connectivity index (χ3n) is 7.38. The Bertz CT molecular complexity index is 927. The van der Waals surface area contributed by atoms with E-state index in [2.05, 4.69) is 17.6 Å². The average Bonchev–Trinajstić information content (AvgIpc) is 2.90. The topological polar surface area (TPSA) is 87.7 Å². The van der Waals surface area contributed by atoms with Gasteiger partial charge in [-0.3, -0.25) is 9.59 Å². The van der Waals surface area contributed by atoms with Crippen LogP contribution in [0.2, 0.25) is 0 Å². The first-order valence-electron chi connectivity index (χ1n) is 15.2. The summed E-state index contributed by atoms with van der Waals surface area (Å²) in [5.74, 6) is 0.325. The molecule has 0 aromatic heterocycles. The molecule has 0 saturated heterocycles. The summed E-state index contributed by atoms with van der Waals surface area (Å²) in [6.07, 6.45) is 12.3. The highest BCUT2D eigenvalue weighted by atomic mass is 32.2. The summed E-state index contributed by atoms with van der Waals surface area (Å²) in [7, 11) is 0. The van der Waals surface area contributed by atoms with Crippen LogP contribution in [0.25, 0.3) is 0 Å². The van der Waals surface area contributed by atoms with Gasteiger partial charge in [-0.05, 0) is 76.5 Å². The average molecular weight is 576 g/mol. The number of alkyl carbamates (subject to hydrolysis) is 1. The lowest BCUT2D eigenvalue weighted by molar-refractivity contribution is -0.143. The lowest BCUT2D eigenvalue weighted by Crippen LogP contribution is -2.54. The number of carbonyl (C=O) groups excluding carboxylic acids is 3. The molecular formula is C32H53N3O4S. The first-order valence-corrected chi connectivity index (χ1v) is 16.6. The molecule has 0 bridgehead atoms. The maximum atomic E-state index is 14.4. The van der Waals surface area contributed by atoms with E-state index in [1.165, 1.54) is 6.42 Å². The number of unbranched alkanes of at least 4 members (excludes halogenated alkanes) is 4. The van der Waals surface area contributed by atoms with Crippen LogP contribution in [0, 0.1) is 6.92 Å². The molecule has 1 saturated carbocycles. The van der Waals surface area contributed by atoms with Crippen molar-refractivity contribution < 1.29 is 19.1 Å². The Balaban J connectivity index is 2.44. The zero-order valence-corrected chi connectivity index (χ0v) is 26.5. The van der Waals surface area contributed by atoms with Crippen molar-refractivity contribution in [3.05, 3.63) is 35.4 Å². The minimum atomic E-state index is -0.785. The summed E-state index contributed by atoms with van der Waals surface area (Å²) in [5, 5.41) is 6.14. The van der Waals surface area contributed by atoms with Gasteiger partial charge in [-0.1, -0.05) is 76.1 Å². The first-order chi connectivity index (χ1) is 19.1. The molecule has 2 rings (SSSR count). The second kappa shape index (κ2) is 17.6. The predicted octanol–water partition coefficient (Wildman–Crippen LogP) is 6.93. The van der Waals surface area contributed by atoms with E-state index in [-0.39, 0.29) is 17.9 Å². The number of aryl methyl sites for hydroxylation is 1. The highest BCUT2D eigenvalue weighted by molar-refractivity contribution is 7.98. The normalized spacial score (nSPS) is 15.7. The third-order valence-corrected chi connectivity index (χ3v) is 8.02. The van der Waals surface area contributed by atoms with Crippen LogP contribution in [-0.2, 0) is 14.3 Å². The van der Waals surface area contributed by atoms with Crippen molar-refractivity contribution in [2.75, 3.05) is 18.6 Å². The summed E-state index contributed by atoms with van der Waals surface area (Å²) in [6, 6.07) is 6.40. The van der Waals surface area contributed by atoms with Gasteiger partial charge in [0.25, 0.3) is 0 Å². The quantitative estimate of drug-likeness (QED) is 0.221. The Morgan fingerprint density at radius 1 is 1.05 bits per heavy atom. The molecule has 40 heavy (non-hydrogen) atoms. The largest absolute Gasteiger partial charge is 0.444 e. The van der Waals surface area contributed by atoms with Crippen molar-refractivity contribution in [2.45, 2.75) is 129 Å². The van der Waals surface area contributed by atoms with Gasteiger partial charge in [-0.15, -0.1) is 0 Å². The van der Waals surface area contributed by atoms with E-state index in [1.807, 2.05) is 37.4 Å². The molecule has 0 spiro atoms. The van der Waals surface area contributed by atoms with Crippen LogP contribution in [0.1, 0.15) is 115 Å². The number of ether oxygens (including phenoxy) is 1. The van der Waals surface area contributed by atoms with Crippen LogP contribution < -0.4 is 10.6 Å². The monoisotopic (exact) mass is 575 g/mol. The number of nitrogens with one attached hydrogen (secondary N) is 2. The fraction of sp³-hybridized carbons (Fsp3) is 0.719. The summed E-state index contributed by atoms with van der Waals surface area (Å²) in [6.45, 7) is 10.0. The SMILES string of the molecule is CCCCCCCN(C(=O)C(CCSC)NC(=O)OC(C)(C)C)C(C(=O)NC1CCCCC1)c1ccccc1C. The number of nitrogens with zero attached hydrogens (tertiary/aromatic N) is 1. The van der Waals surface area contributed by atoms with Crippen LogP contribution in [0.15, 0.2) is 24.3 Å². The molecule has 2 atom stereocenters. The minimum absolute atomic E-state index is 0.126. The number of amides is 3. The van der Waals surface area contributed by atoms with E-state index < -0.39 is 23.8 Å². The summed E-state index contributed by atoms with van der Waals surface area (Å²) < 4.78 is 5.51. The molecule has 2 N–H and O–H groups in total. The van der Waals surface area contributed by atoms with Crippen molar-refractivity contribution in [2.24, 2.45) is 0 Å². The van der Waals surface area contributed by atoms with Gasteiger partial charge in [0.2, 0.25) is 11.8 Å². The van der Waals surface area contributed by atoms with Crippen LogP contribution in [-0.4, -0.2) is 59.0 Å². The van der Waals surface area contributed by atoms with Gasteiger partial charge in [-0.2, -0.15) is 11.8 Å². The smallest absolute Gasteiger partial charge is 0.408 e. The maximum Gasteiger partial charge on any atom is 0.408 e. The Labute approximate surface area is 246 Å².